The first-order valence-corrected chi connectivity index (χ1v) is 8.05. The molecule has 1 aromatic rings. The quantitative estimate of drug-likeness (QED) is 0.813. The van der Waals surface area contributed by atoms with Crippen LogP contribution in [-0.2, 0) is 0 Å². The summed E-state index contributed by atoms with van der Waals surface area (Å²) in [5.74, 6) is 5.45. The van der Waals surface area contributed by atoms with E-state index in [9.17, 15) is 4.79 Å². The standard InChI is InChI=1S/C16H22N2O2S/c1-11-9-15(21-14(11)5-4-8-19)16(20)17-10-12(2)18(3)13-6-7-13/h9,12-13,19H,6-8,10H2,1-3H3,(H,17,20). The monoisotopic (exact) mass is 306 g/mol. The Hall–Kier alpha value is -1.35. The summed E-state index contributed by atoms with van der Waals surface area (Å²) in [4.78, 5) is 16.0. The molecule has 1 unspecified atom stereocenters. The van der Waals surface area contributed by atoms with E-state index in [1.165, 1.54) is 24.2 Å². The van der Waals surface area contributed by atoms with Crippen molar-refractivity contribution in [1.29, 1.82) is 0 Å². The second-order valence-corrected chi connectivity index (χ2v) is 6.59. The molecule has 1 fully saturated rings. The minimum Gasteiger partial charge on any atom is -0.384 e. The summed E-state index contributed by atoms with van der Waals surface area (Å²) in [7, 11) is 2.12. The molecule has 5 heteroatoms. The number of hydrogen-bond donors (Lipinski definition) is 2. The number of carbonyl (C=O) groups excluding carboxylic acids is 1. The summed E-state index contributed by atoms with van der Waals surface area (Å²) in [5.41, 5.74) is 0.981. The average molecular weight is 306 g/mol. The molecule has 0 aliphatic heterocycles. The van der Waals surface area contributed by atoms with Crippen LogP contribution in [0.2, 0.25) is 0 Å². The summed E-state index contributed by atoms with van der Waals surface area (Å²) in [6.07, 6.45) is 2.54. The molecule has 21 heavy (non-hydrogen) atoms. The molecule has 1 saturated carbocycles. The molecule has 1 atom stereocenters. The van der Waals surface area contributed by atoms with Crippen molar-refractivity contribution in [2.45, 2.75) is 38.8 Å². The van der Waals surface area contributed by atoms with Gasteiger partial charge in [-0.15, -0.1) is 11.3 Å². The molecule has 2 rings (SSSR count). The molecule has 114 valence electrons. The minimum atomic E-state index is -0.163. The highest BCUT2D eigenvalue weighted by Crippen LogP contribution is 2.26. The van der Waals surface area contributed by atoms with E-state index < -0.39 is 0 Å². The largest absolute Gasteiger partial charge is 0.384 e. The maximum Gasteiger partial charge on any atom is 0.261 e. The highest BCUT2D eigenvalue weighted by Gasteiger charge is 2.29. The number of aryl methyl sites for hydroxylation is 1. The van der Waals surface area contributed by atoms with E-state index in [1.54, 1.807) is 0 Å². The van der Waals surface area contributed by atoms with E-state index >= 15 is 0 Å². The number of aliphatic hydroxyl groups excluding tert-OH is 1. The molecule has 4 nitrogen and oxygen atoms in total. The van der Waals surface area contributed by atoms with Crippen molar-refractivity contribution >= 4 is 17.2 Å². The van der Waals surface area contributed by atoms with Crippen LogP contribution in [0.5, 0.6) is 0 Å². The molecule has 1 aromatic heterocycles. The first kappa shape index (κ1) is 16.0. The number of thiophene rings is 1. The molecule has 0 spiro atoms. The normalized spacial score (nSPS) is 15.5. The predicted molar refractivity (Wildman–Crippen MR) is 85.6 cm³/mol. The molecule has 1 aliphatic carbocycles. The van der Waals surface area contributed by atoms with Crippen LogP contribution >= 0.6 is 11.3 Å². The Kier molecular flexibility index (Phi) is 5.40. The fourth-order valence-corrected chi connectivity index (χ4v) is 3.11. The Bertz CT molecular complexity index is 567. The number of nitrogens with zero attached hydrogens (tertiary/aromatic N) is 1. The minimum absolute atomic E-state index is 0.0452. The van der Waals surface area contributed by atoms with Crippen molar-refractivity contribution in [3.05, 3.63) is 21.4 Å². The van der Waals surface area contributed by atoms with Crippen molar-refractivity contribution in [3.8, 4) is 11.8 Å². The van der Waals surface area contributed by atoms with E-state index in [0.717, 1.165) is 10.4 Å². The summed E-state index contributed by atoms with van der Waals surface area (Å²) < 4.78 is 0. The van der Waals surface area contributed by atoms with Gasteiger partial charge < -0.3 is 10.4 Å². The number of aliphatic hydroxyl groups is 1. The highest BCUT2D eigenvalue weighted by atomic mass is 32.1. The molecule has 0 bridgehead atoms. The summed E-state index contributed by atoms with van der Waals surface area (Å²) in [6.45, 7) is 4.55. The molecular weight excluding hydrogens is 284 g/mol. The van der Waals surface area contributed by atoms with Crippen LogP contribution in [0.15, 0.2) is 6.07 Å². The van der Waals surface area contributed by atoms with Crippen molar-refractivity contribution in [1.82, 2.24) is 10.2 Å². The number of nitrogens with one attached hydrogen (secondary N) is 1. The van der Waals surface area contributed by atoms with Gasteiger partial charge in [-0.1, -0.05) is 11.8 Å². The third-order valence-corrected chi connectivity index (χ3v) is 4.95. The van der Waals surface area contributed by atoms with Gasteiger partial charge in [0.15, 0.2) is 0 Å². The zero-order chi connectivity index (χ0) is 15.4. The van der Waals surface area contributed by atoms with Crippen LogP contribution < -0.4 is 5.32 Å². The van der Waals surface area contributed by atoms with Crippen molar-refractivity contribution in [2.24, 2.45) is 0 Å². The highest BCUT2D eigenvalue weighted by molar-refractivity contribution is 7.14. The number of carbonyl (C=O) groups is 1. The first-order valence-electron chi connectivity index (χ1n) is 7.23. The van der Waals surface area contributed by atoms with Gasteiger partial charge in [0.1, 0.15) is 6.61 Å². The van der Waals surface area contributed by atoms with Gasteiger partial charge in [-0.2, -0.15) is 0 Å². The van der Waals surface area contributed by atoms with E-state index in [0.29, 0.717) is 23.5 Å². The fourth-order valence-electron chi connectivity index (χ4n) is 2.15. The fraction of sp³-hybridized carbons (Fsp3) is 0.562. The van der Waals surface area contributed by atoms with Gasteiger partial charge in [-0.25, -0.2) is 0 Å². The van der Waals surface area contributed by atoms with Gasteiger partial charge >= 0.3 is 0 Å². The topological polar surface area (TPSA) is 52.6 Å². The zero-order valence-electron chi connectivity index (χ0n) is 12.8. The lowest BCUT2D eigenvalue weighted by Crippen LogP contribution is -2.41. The number of hydrogen-bond acceptors (Lipinski definition) is 4. The van der Waals surface area contributed by atoms with Crippen LogP contribution in [0.3, 0.4) is 0 Å². The number of likely N-dealkylation sites (N-methyl/N-ethyl adjacent to an activating group) is 1. The Morgan fingerprint density at radius 2 is 2.33 bits per heavy atom. The van der Waals surface area contributed by atoms with Crippen molar-refractivity contribution in [3.63, 3.8) is 0 Å². The Labute approximate surface area is 130 Å². The van der Waals surface area contributed by atoms with Crippen LogP contribution in [0, 0.1) is 18.8 Å². The Balaban J connectivity index is 1.90. The predicted octanol–water partition coefficient (Wildman–Crippen LogP) is 1.61. The van der Waals surface area contributed by atoms with Gasteiger partial charge in [-0.3, -0.25) is 9.69 Å². The lowest BCUT2D eigenvalue weighted by atomic mass is 10.2. The van der Waals surface area contributed by atoms with E-state index in [-0.39, 0.29) is 12.5 Å². The lowest BCUT2D eigenvalue weighted by Gasteiger charge is -2.24. The summed E-state index contributed by atoms with van der Waals surface area (Å²) in [5, 5.41) is 11.7. The zero-order valence-corrected chi connectivity index (χ0v) is 13.6. The van der Waals surface area contributed by atoms with Crippen LogP contribution in [0.1, 0.15) is 39.9 Å². The third-order valence-electron chi connectivity index (χ3n) is 3.80. The van der Waals surface area contributed by atoms with Gasteiger partial charge in [0.25, 0.3) is 5.91 Å². The van der Waals surface area contributed by atoms with Crippen LogP contribution in [-0.4, -0.2) is 48.2 Å². The molecule has 0 radical (unpaired) electrons. The second kappa shape index (κ2) is 7.08. The Morgan fingerprint density at radius 3 is 2.95 bits per heavy atom. The maximum atomic E-state index is 12.2. The lowest BCUT2D eigenvalue weighted by molar-refractivity contribution is 0.0943. The van der Waals surface area contributed by atoms with E-state index in [4.69, 9.17) is 5.11 Å². The molecule has 1 amide bonds. The SMILES string of the molecule is Cc1cc(C(=O)NCC(C)N(C)C2CC2)sc1C#CCO. The molecular formula is C16H22N2O2S. The summed E-state index contributed by atoms with van der Waals surface area (Å²) >= 11 is 1.38. The van der Waals surface area contributed by atoms with E-state index in [1.807, 2.05) is 13.0 Å². The third kappa shape index (κ3) is 4.31. The van der Waals surface area contributed by atoms with Gasteiger partial charge in [0.05, 0.1) is 9.75 Å². The number of amides is 1. The molecule has 0 saturated heterocycles. The maximum absolute atomic E-state index is 12.2. The molecule has 1 heterocycles. The van der Waals surface area contributed by atoms with Crippen molar-refractivity contribution < 1.29 is 9.90 Å². The average Bonchev–Trinajstić information content (AvgIpc) is 3.25. The van der Waals surface area contributed by atoms with Crippen molar-refractivity contribution in [2.75, 3.05) is 20.2 Å². The molecule has 1 aliphatic rings. The Morgan fingerprint density at radius 1 is 1.62 bits per heavy atom. The van der Waals surface area contributed by atoms with Crippen LogP contribution in [0.25, 0.3) is 0 Å². The number of rotatable bonds is 5. The summed E-state index contributed by atoms with van der Waals surface area (Å²) in [6, 6.07) is 2.90. The smallest absolute Gasteiger partial charge is 0.261 e. The van der Waals surface area contributed by atoms with Gasteiger partial charge in [-0.05, 0) is 45.4 Å². The second-order valence-electron chi connectivity index (χ2n) is 5.54. The van der Waals surface area contributed by atoms with Crippen LogP contribution in [0.4, 0.5) is 0 Å². The first-order chi connectivity index (χ1) is 10.0. The van der Waals surface area contributed by atoms with Gasteiger partial charge in [0, 0.05) is 18.6 Å². The molecule has 2 N–H and O–H groups in total. The van der Waals surface area contributed by atoms with E-state index in [2.05, 4.69) is 36.0 Å². The van der Waals surface area contributed by atoms with Gasteiger partial charge in [0.2, 0.25) is 0 Å². The molecule has 0 aromatic carbocycles.